The molecule has 0 unspecified atom stereocenters. The summed E-state index contributed by atoms with van der Waals surface area (Å²) >= 11 is 0. The number of nitrogens with zero attached hydrogens (tertiary/aromatic N) is 1. The molecule has 0 saturated carbocycles. The first-order valence-electron chi connectivity index (χ1n) is 5.64. The second-order valence-corrected chi connectivity index (χ2v) is 4.42. The van der Waals surface area contributed by atoms with Crippen LogP contribution >= 0.6 is 0 Å². The predicted octanol–water partition coefficient (Wildman–Crippen LogP) is 0.216. The zero-order valence-electron chi connectivity index (χ0n) is 9.90. The number of hydrogen-bond donors (Lipinski definition) is 2. The van der Waals surface area contributed by atoms with Crippen molar-refractivity contribution in [3.8, 4) is 0 Å². The van der Waals surface area contributed by atoms with Gasteiger partial charge in [-0.25, -0.2) is 4.79 Å². The molecule has 1 aromatic carbocycles. The highest BCUT2D eigenvalue weighted by atomic mass is 16.6. The molecule has 8 nitrogen and oxygen atoms in total. The molecule has 0 aromatic heterocycles. The van der Waals surface area contributed by atoms with E-state index in [9.17, 15) is 24.8 Å². The fraction of sp³-hybridized carbons (Fsp3) is 0.167. The molecule has 0 bridgehead atoms. The highest BCUT2D eigenvalue weighted by Gasteiger charge is 2.54. The van der Waals surface area contributed by atoms with Crippen molar-refractivity contribution in [2.24, 2.45) is 0 Å². The van der Waals surface area contributed by atoms with Crippen molar-refractivity contribution in [1.29, 1.82) is 0 Å². The molecule has 0 spiro atoms. The predicted molar refractivity (Wildman–Crippen MR) is 64.6 cm³/mol. The molecule has 8 heteroatoms. The van der Waals surface area contributed by atoms with Crippen LogP contribution in [0.3, 0.4) is 0 Å². The maximum absolute atomic E-state index is 12.0. The highest BCUT2D eigenvalue weighted by molar-refractivity contribution is 6.06. The number of rotatable bonds is 2. The van der Waals surface area contributed by atoms with Crippen molar-refractivity contribution < 1.29 is 24.4 Å². The molecule has 102 valence electrons. The molecule has 2 atom stereocenters. The van der Waals surface area contributed by atoms with E-state index in [1.807, 2.05) is 0 Å². The number of benzene rings is 1. The van der Waals surface area contributed by atoms with Crippen LogP contribution in [-0.2, 0) is 19.9 Å². The fourth-order valence-electron chi connectivity index (χ4n) is 2.29. The number of fused-ring (bicyclic) bond motifs is 1. The van der Waals surface area contributed by atoms with Crippen LogP contribution < -0.4 is 5.32 Å². The maximum Gasteiger partial charge on any atom is 0.331 e. The molecule has 2 N–H and O–H groups in total. The summed E-state index contributed by atoms with van der Waals surface area (Å²) in [6.07, 6.45) is 1.12. The average Bonchev–Trinajstić information content (AvgIpc) is 2.94. The Morgan fingerprint density at radius 1 is 1.40 bits per heavy atom. The van der Waals surface area contributed by atoms with E-state index in [1.165, 1.54) is 18.2 Å². The van der Waals surface area contributed by atoms with Gasteiger partial charge in [0.15, 0.2) is 6.10 Å². The van der Waals surface area contributed by atoms with Gasteiger partial charge in [-0.2, -0.15) is 0 Å². The zero-order valence-corrected chi connectivity index (χ0v) is 9.90. The van der Waals surface area contributed by atoms with E-state index in [1.54, 1.807) is 0 Å². The number of ether oxygens (including phenoxy) is 1. The Morgan fingerprint density at radius 3 is 2.75 bits per heavy atom. The molecule has 20 heavy (non-hydrogen) atoms. The normalized spacial score (nSPS) is 27.1. The molecule has 2 aliphatic heterocycles. The van der Waals surface area contributed by atoms with Crippen LogP contribution in [0.1, 0.15) is 5.56 Å². The third kappa shape index (κ3) is 1.51. The number of carbonyl (C=O) groups is 2. The van der Waals surface area contributed by atoms with Gasteiger partial charge in [0, 0.05) is 29.5 Å². The number of cyclic esters (lactones) is 1. The summed E-state index contributed by atoms with van der Waals surface area (Å²) in [7, 11) is 0. The van der Waals surface area contributed by atoms with Gasteiger partial charge < -0.3 is 15.2 Å². The standard InChI is InChI=1S/C12H8N2O6/c15-10-4-3-9(20-10)12(17)7-5-6(14(18)19)1-2-8(7)13-11(12)16/h1-5,9,17H,(H,13,16)/t9-,12-/m0/s1. The number of aliphatic hydroxyl groups is 1. The summed E-state index contributed by atoms with van der Waals surface area (Å²) in [6.45, 7) is 0. The lowest BCUT2D eigenvalue weighted by atomic mass is 9.89. The van der Waals surface area contributed by atoms with Crippen molar-refractivity contribution in [2.75, 3.05) is 5.32 Å². The van der Waals surface area contributed by atoms with Gasteiger partial charge in [-0.05, 0) is 12.1 Å². The second-order valence-electron chi connectivity index (χ2n) is 4.42. The van der Waals surface area contributed by atoms with Crippen molar-refractivity contribution in [3.63, 3.8) is 0 Å². The first-order valence-corrected chi connectivity index (χ1v) is 5.64. The number of nitro benzene ring substituents is 1. The summed E-state index contributed by atoms with van der Waals surface area (Å²) in [4.78, 5) is 33.2. The molecule has 1 amide bonds. The van der Waals surface area contributed by atoms with Gasteiger partial charge in [0.25, 0.3) is 11.6 Å². The van der Waals surface area contributed by atoms with Gasteiger partial charge in [0.1, 0.15) is 0 Å². The summed E-state index contributed by atoms with van der Waals surface area (Å²) in [6, 6.07) is 3.62. The lowest BCUT2D eigenvalue weighted by Gasteiger charge is -2.25. The van der Waals surface area contributed by atoms with Gasteiger partial charge >= 0.3 is 5.97 Å². The lowest BCUT2D eigenvalue weighted by Crippen LogP contribution is -2.45. The SMILES string of the molecule is O=C1C=C[C@@H]([C@]2(O)C(=O)Nc3ccc([N+](=O)[O-])cc32)O1. The molecule has 1 aromatic rings. The molecule has 2 aliphatic rings. The van der Waals surface area contributed by atoms with E-state index >= 15 is 0 Å². The first-order chi connectivity index (χ1) is 9.42. The number of hydrogen-bond acceptors (Lipinski definition) is 6. The number of nitrogens with one attached hydrogen (secondary N) is 1. The van der Waals surface area contributed by atoms with E-state index in [-0.39, 0.29) is 16.9 Å². The van der Waals surface area contributed by atoms with Gasteiger partial charge in [-0.3, -0.25) is 14.9 Å². The fourth-order valence-corrected chi connectivity index (χ4v) is 2.29. The summed E-state index contributed by atoms with van der Waals surface area (Å²) in [5, 5.41) is 23.8. The third-order valence-corrected chi connectivity index (χ3v) is 3.28. The minimum absolute atomic E-state index is 0.0149. The minimum atomic E-state index is -2.16. The van der Waals surface area contributed by atoms with Crippen molar-refractivity contribution >= 4 is 23.3 Å². The van der Waals surface area contributed by atoms with E-state index in [2.05, 4.69) is 5.32 Å². The molecular formula is C12H8N2O6. The molecule has 0 aliphatic carbocycles. The van der Waals surface area contributed by atoms with Crippen molar-refractivity contribution in [1.82, 2.24) is 0 Å². The van der Waals surface area contributed by atoms with E-state index in [0.717, 1.165) is 12.1 Å². The summed E-state index contributed by atoms with van der Waals surface area (Å²) < 4.78 is 4.85. The Hall–Kier alpha value is -2.74. The van der Waals surface area contributed by atoms with Crippen molar-refractivity contribution in [3.05, 3.63) is 46.0 Å². The highest BCUT2D eigenvalue weighted by Crippen LogP contribution is 2.42. The summed E-state index contributed by atoms with van der Waals surface area (Å²) in [5.41, 5.74) is -2.17. The Bertz CT molecular complexity index is 683. The molecule has 2 heterocycles. The number of nitro groups is 1. The topological polar surface area (TPSA) is 119 Å². The van der Waals surface area contributed by atoms with Gasteiger partial charge in [-0.15, -0.1) is 0 Å². The van der Waals surface area contributed by atoms with Crippen LogP contribution in [-0.4, -0.2) is 28.0 Å². The van der Waals surface area contributed by atoms with Gasteiger partial charge in [-0.1, -0.05) is 0 Å². The second kappa shape index (κ2) is 3.87. The van der Waals surface area contributed by atoms with Crippen LogP contribution in [0.5, 0.6) is 0 Å². The number of anilines is 1. The smallest absolute Gasteiger partial charge is 0.331 e. The maximum atomic E-state index is 12.0. The molecular weight excluding hydrogens is 268 g/mol. The third-order valence-electron chi connectivity index (χ3n) is 3.28. The van der Waals surface area contributed by atoms with Crippen molar-refractivity contribution in [2.45, 2.75) is 11.7 Å². The van der Waals surface area contributed by atoms with Gasteiger partial charge in [0.2, 0.25) is 5.60 Å². The minimum Gasteiger partial charge on any atom is -0.451 e. The first kappa shape index (κ1) is 12.3. The van der Waals surface area contributed by atoms with Crippen LogP contribution in [0.4, 0.5) is 11.4 Å². The molecule has 0 saturated heterocycles. The Kier molecular flexibility index (Phi) is 2.38. The average molecular weight is 276 g/mol. The van der Waals surface area contributed by atoms with Crippen LogP contribution in [0.25, 0.3) is 0 Å². The molecule has 3 rings (SSSR count). The lowest BCUT2D eigenvalue weighted by molar-refractivity contribution is -0.385. The quantitative estimate of drug-likeness (QED) is 0.453. The van der Waals surface area contributed by atoms with E-state index in [4.69, 9.17) is 4.74 Å². The monoisotopic (exact) mass is 276 g/mol. The Balaban J connectivity index is 2.12. The number of carbonyl (C=O) groups excluding carboxylic acids is 2. The van der Waals surface area contributed by atoms with Crippen LogP contribution in [0.2, 0.25) is 0 Å². The number of non-ortho nitro benzene ring substituents is 1. The zero-order chi connectivity index (χ0) is 14.5. The van der Waals surface area contributed by atoms with Crippen LogP contribution in [0, 0.1) is 10.1 Å². The van der Waals surface area contributed by atoms with Gasteiger partial charge in [0.05, 0.1) is 4.92 Å². The molecule has 0 fully saturated rings. The van der Waals surface area contributed by atoms with E-state index < -0.39 is 28.5 Å². The largest absolute Gasteiger partial charge is 0.451 e. The van der Waals surface area contributed by atoms with Crippen LogP contribution in [0.15, 0.2) is 30.4 Å². The number of amides is 1. The Labute approximate surface area is 111 Å². The number of esters is 1. The Morgan fingerprint density at radius 2 is 2.15 bits per heavy atom. The summed E-state index contributed by atoms with van der Waals surface area (Å²) in [5.74, 6) is -1.48. The van der Waals surface area contributed by atoms with E-state index in [0.29, 0.717) is 0 Å². The molecule has 0 radical (unpaired) electrons.